The van der Waals surface area contributed by atoms with Gasteiger partial charge in [0.1, 0.15) is 17.5 Å². The number of hydrogen-bond acceptors (Lipinski definition) is 6. The van der Waals surface area contributed by atoms with Gasteiger partial charge in [0.05, 0.1) is 21.3 Å². The molecule has 1 N–H and O–H groups in total. The number of likely N-dealkylation sites (tertiary alicyclic amines) is 1. The van der Waals surface area contributed by atoms with Gasteiger partial charge in [-0.2, -0.15) is 5.10 Å². The van der Waals surface area contributed by atoms with E-state index in [4.69, 9.17) is 27.9 Å². The van der Waals surface area contributed by atoms with Crippen LogP contribution in [0.1, 0.15) is 24.3 Å². The molecule has 0 aliphatic carbocycles. The first-order chi connectivity index (χ1) is 17.2. The number of halogens is 3. The van der Waals surface area contributed by atoms with Crippen LogP contribution in [0, 0.1) is 18.2 Å². The molecule has 186 valence electrons. The molecular formula is C26H25Cl2FN6O. The molecule has 1 aromatic carbocycles. The Morgan fingerprint density at radius 3 is 2.61 bits per heavy atom. The highest BCUT2D eigenvalue weighted by atomic mass is 35.5. The van der Waals surface area contributed by atoms with Gasteiger partial charge < -0.3 is 14.5 Å². The average molecular weight is 527 g/mol. The molecule has 0 bridgehead atoms. The maximum atomic E-state index is 15.1. The molecule has 0 amide bonds. The van der Waals surface area contributed by atoms with Gasteiger partial charge in [-0.25, -0.2) is 9.37 Å². The number of H-pyrrole nitrogens is 1. The zero-order chi connectivity index (χ0) is 25.2. The van der Waals surface area contributed by atoms with Crippen LogP contribution < -0.4 is 9.64 Å². The monoisotopic (exact) mass is 526 g/mol. The van der Waals surface area contributed by atoms with Crippen molar-refractivity contribution in [3.8, 4) is 17.0 Å². The van der Waals surface area contributed by atoms with Crippen LogP contribution in [0.5, 0.6) is 5.75 Å². The van der Waals surface area contributed by atoms with E-state index in [9.17, 15) is 0 Å². The van der Waals surface area contributed by atoms with Crippen molar-refractivity contribution < 1.29 is 9.13 Å². The fourth-order valence-corrected chi connectivity index (χ4v) is 6.16. The number of pyridine rings is 2. The van der Waals surface area contributed by atoms with Crippen molar-refractivity contribution in [3.05, 3.63) is 63.8 Å². The predicted molar refractivity (Wildman–Crippen MR) is 139 cm³/mol. The maximum Gasteiger partial charge on any atom is 0.166 e. The minimum atomic E-state index is -0.409. The summed E-state index contributed by atoms with van der Waals surface area (Å²) in [5.74, 6) is 0.670. The van der Waals surface area contributed by atoms with Gasteiger partial charge in [0.15, 0.2) is 11.6 Å². The van der Waals surface area contributed by atoms with E-state index in [-0.39, 0.29) is 5.82 Å². The summed E-state index contributed by atoms with van der Waals surface area (Å²) < 4.78 is 21.3. The van der Waals surface area contributed by atoms with Gasteiger partial charge in [-0.05, 0) is 45.2 Å². The average Bonchev–Trinajstić information content (AvgIpc) is 3.21. The van der Waals surface area contributed by atoms with Crippen molar-refractivity contribution >= 4 is 39.9 Å². The summed E-state index contributed by atoms with van der Waals surface area (Å²) >= 11 is 12.8. The number of ether oxygens (including phenoxy) is 1. The highest BCUT2D eigenvalue weighted by molar-refractivity contribution is 6.36. The molecule has 2 aliphatic heterocycles. The molecular weight excluding hydrogens is 502 g/mol. The molecule has 2 aliphatic rings. The Hall–Kier alpha value is -2.94. The SMILES string of the molecule is Cc1ncc(Cl)c([C@@H](C)Oc2ccc3[nH]nc(-c4cnc(N5CC6(CN(C)C6)C5)c(F)c4)c3c2)c1Cl. The number of aryl methyl sites for hydroxylation is 1. The van der Waals surface area contributed by atoms with E-state index in [1.165, 1.54) is 6.07 Å². The number of anilines is 1. The minimum Gasteiger partial charge on any atom is -0.486 e. The third kappa shape index (κ3) is 3.88. The van der Waals surface area contributed by atoms with Gasteiger partial charge in [-0.1, -0.05) is 23.2 Å². The number of fused-ring (bicyclic) bond motifs is 1. The van der Waals surface area contributed by atoms with Crippen LogP contribution in [0.2, 0.25) is 10.0 Å². The zero-order valence-electron chi connectivity index (χ0n) is 20.1. The molecule has 10 heteroatoms. The fourth-order valence-electron chi connectivity index (χ4n) is 5.51. The number of aromatic nitrogens is 4. The van der Waals surface area contributed by atoms with Crippen molar-refractivity contribution in [1.82, 2.24) is 25.1 Å². The summed E-state index contributed by atoms with van der Waals surface area (Å²) in [4.78, 5) is 12.9. The number of nitrogens with zero attached hydrogens (tertiary/aromatic N) is 5. The Balaban J connectivity index is 1.25. The largest absolute Gasteiger partial charge is 0.486 e. The molecule has 36 heavy (non-hydrogen) atoms. The number of aromatic amines is 1. The molecule has 7 nitrogen and oxygen atoms in total. The standard InChI is InChI=1S/C26H25Cl2FN6O/c1-14-23(28)22(19(27)9-30-14)15(2)36-17-4-5-21-18(7-17)24(33-32-21)16-6-20(29)25(31-8-16)35-12-26(13-35)10-34(3)11-26/h4-9,15H,10-13H2,1-3H3,(H,32,33)/t15-/m1/s1. The predicted octanol–water partition coefficient (Wildman–Crippen LogP) is 5.67. The Kier molecular flexibility index (Phi) is 5.59. The number of benzene rings is 1. The quantitative estimate of drug-likeness (QED) is 0.361. The van der Waals surface area contributed by atoms with Crippen LogP contribution in [-0.4, -0.2) is 58.3 Å². The number of rotatable bonds is 5. The van der Waals surface area contributed by atoms with Gasteiger partial charge >= 0.3 is 0 Å². The normalized spacial score (nSPS) is 17.8. The van der Waals surface area contributed by atoms with Crippen molar-refractivity contribution in [3.63, 3.8) is 0 Å². The molecule has 1 atom stereocenters. The first-order valence-electron chi connectivity index (χ1n) is 11.8. The van der Waals surface area contributed by atoms with Crippen LogP contribution in [-0.2, 0) is 0 Å². The summed E-state index contributed by atoms with van der Waals surface area (Å²) in [5.41, 5.74) is 3.69. The smallest absolute Gasteiger partial charge is 0.166 e. The van der Waals surface area contributed by atoms with E-state index in [0.717, 1.165) is 37.1 Å². The molecule has 1 spiro atoms. The van der Waals surface area contributed by atoms with Gasteiger partial charge in [0.25, 0.3) is 0 Å². The molecule has 4 aromatic rings. The summed E-state index contributed by atoms with van der Waals surface area (Å²) in [6.45, 7) is 7.51. The molecule has 6 rings (SSSR count). The number of nitrogens with one attached hydrogen (secondary N) is 1. The van der Waals surface area contributed by atoms with Crippen molar-refractivity contribution in [2.24, 2.45) is 5.41 Å². The van der Waals surface area contributed by atoms with Crippen LogP contribution in [0.3, 0.4) is 0 Å². The van der Waals surface area contributed by atoms with E-state index in [2.05, 4.69) is 32.1 Å². The van der Waals surface area contributed by atoms with Crippen molar-refractivity contribution in [2.45, 2.75) is 20.0 Å². The van der Waals surface area contributed by atoms with E-state index in [1.54, 1.807) is 12.4 Å². The van der Waals surface area contributed by atoms with Crippen molar-refractivity contribution in [2.75, 3.05) is 38.1 Å². The number of hydrogen-bond donors (Lipinski definition) is 1. The molecule has 2 saturated heterocycles. The molecule has 2 fully saturated rings. The lowest BCUT2D eigenvalue weighted by Crippen LogP contribution is -2.71. The van der Waals surface area contributed by atoms with Gasteiger partial charge in [-0.3, -0.25) is 10.1 Å². The molecule has 5 heterocycles. The first-order valence-corrected chi connectivity index (χ1v) is 12.5. The third-order valence-electron chi connectivity index (χ3n) is 7.09. The minimum absolute atomic E-state index is 0.302. The topological polar surface area (TPSA) is 70.2 Å². The van der Waals surface area contributed by atoms with Gasteiger partial charge in [0, 0.05) is 60.5 Å². The second-order valence-corrected chi connectivity index (χ2v) is 10.8. The van der Waals surface area contributed by atoms with Crippen LogP contribution in [0.4, 0.5) is 10.2 Å². The Morgan fingerprint density at radius 1 is 1.11 bits per heavy atom. The molecule has 0 radical (unpaired) electrons. The Morgan fingerprint density at radius 2 is 1.89 bits per heavy atom. The van der Waals surface area contributed by atoms with Gasteiger partial charge in [0.2, 0.25) is 0 Å². The maximum absolute atomic E-state index is 15.1. The van der Waals surface area contributed by atoms with E-state index in [0.29, 0.717) is 49.5 Å². The van der Waals surface area contributed by atoms with Crippen LogP contribution in [0.25, 0.3) is 22.2 Å². The van der Waals surface area contributed by atoms with Crippen LogP contribution >= 0.6 is 23.2 Å². The summed E-state index contributed by atoms with van der Waals surface area (Å²) in [7, 11) is 2.11. The summed E-state index contributed by atoms with van der Waals surface area (Å²) in [6, 6.07) is 7.10. The highest BCUT2D eigenvalue weighted by Crippen LogP contribution is 2.42. The van der Waals surface area contributed by atoms with E-state index in [1.807, 2.05) is 36.9 Å². The van der Waals surface area contributed by atoms with E-state index >= 15 is 4.39 Å². The summed E-state index contributed by atoms with van der Waals surface area (Å²) in [6.07, 6.45) is 2.85. The fraction of sp³-hybridized carbons (Fsp3) is 0.346. The highest BCUT2D eigenvalue weighted by Gasteiger charge is 2.51. The second kappa shape index (κ2) is 8.57. The van der Waals surface area contributed by atoms with Gasteiger partial charge in [-0.15, -0.1) is 0 Å². The molecule has 0 saturated carbocycles. The Labute approximate surface area is 218 Å². The van der Waals surface area contributed by atoms with E-state index < -0.39 is 6.10 Å². The zero-order valence-corrected chi connectivity index (χ0v) is 21.7. The molecule has 3 aromatic heterocycles. The van der Waals surface area contributed by atoms with Crippen molar-refractivity contribution in [1.29, 1.82) is 0 Å². The lowest BCUT2D eigenvalue weighted by atomic mass is 9.73. The third-order valence-corrected chi connectivity index (χ3v) is 7.87. The van der Waals surface area contributed by atoms with Crippen LogP contribution in [0.15, 0.2) is 36.7 Å². The molecule has 0 unspecified atom stereocenters. The summed E-state index contributed by atoms with van der Waals surface area (Å²) in [5, 5.41) is 9.18. The lowest BCUT2D eigenvalue weighted by Gasteiger charge is -2.59. The first kappa shape index (κ1) is 23.5. The lowest BCUT2D eigenvalue weighted by molar-refractivity contribution is -0.00313. The Bertz CT molecular complexity index is 1480. The second-order valence-electron chi connectivity index (χ2n) is 10.0.